The fraction of sp³-hybridized carbons (Fsp3) is 0.0769. The topological polar surface area (TPSA) is 67.4 Å². The lowest BCUT2D eigenvalue weighted by molar-refractivity contribution is -0.123. The Labute approximate surface area is 148 Å². The van der Waals surface area contributed by atoms with E-state index in [0.717, 1.165) is 3.79 Å². The second-order valence-corrected chi connectivity index (χ2v) is 7.28. The van der Waals surface area contributed by atoms with E-state index in [4.69, 9.17) is 27.9 Å². The molecule has 0 unspecified atom stereocenters. The molecule has 1 aromatic carbocycles. The van der Waals surface area contributed by atoms with Crippen LogP contribution in [0, 0.1) is 0 Å². The van der Waals surface area contributed by atoms with Crippen molar-refractivity contribution in [2.45, 2.75) is 0 Å². The maximum Gasteiger partial charge on any atom is 0.279 e. The molecule has 9 heteroatoms. The van der Waals surface area contributed by atoms with E-state index in [-0.39, 0.29) is 6.61 Å². The molecule has 0 aliphatic rings. The summed E-state index contributed by atoms with van der Waals surface area (Å²) in [4.78, 5) is 23.8. The summed E-state index contributed by atoms with van der Waals surface area (Å²) < 4.78 is 6.06. The summed E-state index contributed by atoms with van der Waals surface area (Å²) in [6.07, 6.45) is 0. The van der Waals surface area contributed by atoms with Gasteiger partial charge in [0.15, 0.2) is 6.61 Å². The van der Waals surface area contributed by atoms with E-state index < -0.39 is 11.8 Å². The molecule has 0 atom stereocenters. The third-order valence-corrected chi connectivity index (χ3v) is 4.52. The van der Waals surface area contributed by atoms with Gasteiger partial charge in [-0.05, 0) is 46.3 Å². The second-order valence-electron chi connectivity index (χ2n) is 3.97. The van der Waals surface area contributed by atoms with Gasteiger partial charge in [0.1, 0.15) is 5.75 Å². The quantitative estimate of drug-likeness (QED) is 0.737. The van der Waals surface area contributed by atoms with Crippen molar-refractivity contribution in [2.24, 2.45) is 0 Å². The molecule has 2 rings (SSSR count). The van der Waals surface area contributed by atoms with Gasteiger partial charge in [-0.3, -0.25) is 20.4 Å². The Balaban J connectivity index is 1.79. The molecule has 0 fully saturated rings. The van der Waals surface area contributed by atoms with Gasteiger partial charge in [-0.15, -0.1) is 11.3 Å². The van der Waals surface area contributed by atoms with Crippen molar-refractivity contribution in [1.29, 1.82) is 0 Å². The highest BCUT2D eigenvalue weighted by Crippen LogP contribution is 2.27. The van der Waals surface area contributed by atoms with Gasteiger partial charge in [-0.2, -0.15) is 0 Å². The van der Waals surface area contributed by atoms with Crippen LogP contribution in [-0.4, -0.2) is 18.4 Å². The van der Waals surface area contributed by atoms with Crippen molar-refractivity contribution in [1.82, 2.24) is 10.9 Å². The van der Waals surface area contributed by atoms with E-state index in [9.17, 15) is 9.59 Å². The Morgan fingerprint density at radius 2 is 1.95 bits per heavy atom. The number of nitrogens with one attached hydrogen (secondary N) is 2. The number of hydrogen-bond acceptors (Lipinski definition) is 4. The molecule has 116 valence electrons. The zero-order valence-electron chi connectivity index (χ0n) is 10.9. The Kier molecular flexibility index (Phi) is 6.07. The number of rotatable bonds is 4. The fourth-order valence-corrected chi connectivity index (χ4v) is 3.14. The molecule has 5 nitrogen and oxygen atoms in total. The molecular weight excluding hydrogens is 415 g/mol. The van der Waals surface area contributed by atoms with Crippen molar-refractivity contribution >= 4 is 62.3 Å². The predicted molar refractivity (Wildman–Crippen MR) is 89.6 cm³/mol. The monoisotopic (exact) mass is 422 g/mol. The summed E-state index contributed by atoms with van der Waals surface area (Å²) in [5, 5.41) is 0.768. The van der Waals surface area contributed by atoms with Crippen LogP contribution in [0.25, 0.3) is 0 Å². The highest BCUT2D eigenvalue weighted by molar-refractivity contribution is 9.11. The zero-order valence-corrected chi connectivity index (χ0v) is 14.8. The standard InChI is InChI=1S/C13H9BrCl2N2O3S/c14-11-4-3-10(22-11)13(20)18-17-12(19)6-21-9-2-1-7(15)5-8(9)16/h1-5H,6H2,(H,17,19)(H,18,20). The van der Waals surface area contributed by atoms with Crippen LogP contribution in [0.15, 0.2) is 34.1 Å². The molecule has 22 heavy (non-hydrogen) atoms. The highest BCUT2D eigenvalue weighted by atomic mass is 79.9. The predicted octanol–water partition coefficient (Wildman–Crippen LogP) is 3.66. The lowest BCUT2D eigenvalue weighted by Gasteiger charge is -2.09. The minimum atomic E-state index is -0.519. The molecule has 0 saturated heterocycles. The number of thiophene rings is 1. The van der Waals surface area contributed by atoms with Crippen molar-refractivity contribution in [3.63, 3.8) is 0 Å². The van der Waals surface area contributed by atoms with Gasteiger partial charge in [0, 0.05) is 5.02 Å². The third kappa shape index (κ3) is 4.88. The zero-order chi connectivity index (χ0) is 16.1. The van der Waals surface area contributed by atoms with Crippen molar-refractivity contribution in [3.8, 4) is 5.75 Å². The Bertz CT molecular complexity index is 708. The van der Waals surface area contributed by atoms with Gasteiger partial charge >= 0.3 is 0 Å². The van der Waals surface area contributed by atoms with E-state index in [1.165, 1.54) is 17.4 Å². The van der Waals surface area contributed by atoms with Gasteiger partial charge in [0.2, 0.25) is 0 Å². The van der Waals surface area contributed by atoms with Crippen LogP contribution in [0.3, 0.4) is 0 Å². The summed E-state index contributed by atoms with van der Waals surface area (Å²) in [7, 11) is 0. The van der Waals surface area contributed by atoms with Gasteiger partial charge in [0.25, 0.3) is 11.8 Å². The SMILES string of the molecule is O=C(COc1ccc(Cl)cc1Cl)NNC(=O)c1ccc(Br)s1. The average molecular weight is 424 g/mol. The number of ether oxygens (including phenoxy) is 1. The summed E-state index contributed by atoms with van der Waals surface area (Å²) in [6, 6.07) is 8.04. The Hall–Kier alpha value is -1.28. The maximum atomic E-state index is 11.7. The first-order valence-electron chi connectivity index (χ1n) is 5.88. The highest BCUT2D eigenvalue weighted by Gasteiger charge is 2.10. The molecule has 1 aromatic heterocycles. The summed E-state index contributed by atoms with van der Waals surface area (Å²) >= 11 is 16.2. The van der Waals surface area contributed by atoms with Crippen LogP contribution in [-0.2, 0) is 4.79 Å². The van der Waals surface area contributed by atoms with E-state index in [2.05, 4.69) is 26.8 Å². The summed E-state index contributed by atoms with van der Waals surface area (Å²) in [5.41, 5.74) is 4.54. The van der Waals surface area contributed by atoms with Crippen molar-refractivity contribution in [2.75, 3.05) is 6.61 Å². The normalized spacial score (nSPS) is 10.1. The van der Waals surface area contributed by atoms with E-state index in [1.54, 1.807) is 24.3 Å². The largest absolute Gasteiger partial charge is 0.482 e. The molecule has 1 heterocycles. The molecule has 2 amide bonds. The summed E-state index contributed by atoms with van der Waals surface area (Å²) in [6.45, 7) is -0.296. The molecule has 2 N–H and O–H groups in total. The molecule has 0 aliphatic heterocycles. The van der Waals surface area contributed by atoms with Crippen molar-refractivity contribution in [3.05, 3.63) is 49.0 Å². The molecule has 0 saturated carbocycles. The third-order valence-electron chi connectivity index (χ3n) is 2.37. The first-order valence-corrected chi connectivity index (χ1v) is 8.24. The fourth-order valence-electron chi connectivity index (χ4n) is 1.40. The number of amides is 2. The van der Waals surface area contributed by atoms with E-state index in [0.29, 0.717) is 20.7 Å². The van der Waals surface area contributed by atoms with Gasteiger partial charge < -0.3 is 4.74 Å². The smallest absolute Gasteiger partial charge is 0.279 e. The molecule has 0 spiro atoms. The van der Waals surface area contributed by atoms with Crippen LogP contribution in [0.4, 0.5) is 0 Å². The van der Waals surface area contributed by atoms with Gasteiger partial charge in [-0.1, -0.05) is 23.2 Å². The lowest BCUT2D eigenvalue weighted by Crippen LogP contribution is -2.43. The average Bonchev–Trinajstić information content (AvgIpc) is 2.90. The molecule has 0 bridgehead atoms. The summed E-state index contributed by atoms with van der Waals surface area (Å²) in [5.74, 6) is -0.599. The maximum absolute atomic E-state index is 11.7. The Morgan fingerprint density at radius 1 is 1.18 bits per heavy atom. The number of carbonyl (C=O) groups is 2. The molecule has 2 aromatic rings. The second kappa shape index (κ2) is 7.82. The van der Waals surface area contributed by atoms with E-state index >= 15 is 0 Å². The minimum Gasteiger partial charge on any atom is -0.482 e. The van der Waals surface area contributed by atoms with Gasteiger partial charge in [0.05, 0.1) is 13.7 Å². The number of halogens is 3. The Morgan fingerprint density at radius 3 is 2.59 bits per heavy atom. The van der Waals surface area contributed by atoms with E-state index in [1.807, 2.05) is 0 Å². The van der Waals surface area contributed by atoms with Crippen LogP contribution in [0.2, 0.25) is 10.0 Å². The first-order chi connectivity index (χ1) is 10.5. The number of hydrazine groups is 1. The molecular formula is C13H9BrCl2N2O3S. The van der Waals surface area contributed by atoms with Crippen LogP contribution >= 0.6 is 50.5 Å². The van der Waals surface area contributed by atoms with Crippen LogP contribution in [0.5, 0.6) is 5.75 Å². The minimum absolute atomic E-state index is 0.296. The lowest BCUT2D eigenvalue weighted by atomic mass is 10.3. The first kappa shape index (κ1) is 17.1. The number of hydrogen-bond donors (Lipinski definition) is 2. The van der Waals surface area contributed by atoms with Gasteiger partial charge in [-0.25, -0.2) is 0 Å². The number of carbonyl (C=O) groups excluding carboxylic acids is 2. The van der Waals surface area contributed by atoms with Crippen molar-refractivity contribution < 1.29 is 14.3 Å². The van der Waals surface area contributed by atoms with Crippen LogP contribution < -0.4 is 15.6 Å². The number of benzene rings is 1. The van der Waals surface area contributed by atoms with Crippen LogP contribution in [0.1, 0.15) is 9.67 Å². The molecule has 0 aliphatic carbocycles. The molecule has 0 radical (unpaired) electrons.